The van der Waals surface area contributed by atoms with Gasteiger partial charge in [-0.2, -0.15) is 0 Å². The van der Waals surface area contributed by atoms with E-state index in [-0.39, 0.29) is 41.5 Å². The number of hydrogen-bond acceptors (Lipinski definition) is 6. The molecule has 0 heterocycles. The summed E-state index contributed by atoms with van der Waals surface area (Å²) in [5, 5.41) is 11.9. The largest absolute Gasteiger partial charge is 0.413 e. The Kier molecular flexibility index (Phi) is 7.19. The lowest BCUT2D eigenvalue weighted by atomic mass is 9.51. The van der Waals surface area contributed by atoms with Gasteiger partial charge in [-0.15, -0.1) is 0 Å². The van der Waals surface area contributed by atoms with E-state index >= 15 is 0 Å². The molecule has 0 saturated heterocycles. The number of rotatable bonds is 8. The first-order chi connectivity index (χ1) is 14.3. The first-order valence-corrected chi connectivity index (χ1v) is 14.8. The van der Waals surface area contributed by atoms with Crippen molar-refractivity contribution in [3.63, 3.8) is 0 Å². The highest BCUT2D eigenvalue weighted by Crippen LogP contribution is 2.64. The van der Waals surface area contributed by atoms with Crippen LogP contribution < -0.4 is 0 Å². The molecular weight excluding hydrogens is 412 g/mol. The minimum Gasteiger partial charge on any atom is -0.413 e. The van der Waals surface area contributed by atoms with Crippen LogP contribution in [0, 0.1) is 11.3 Å². The number of Topliss-reactive ketones (excluding diaryl/α,β-unsaturated/α-hetero) is 1. The molecule has 1 N–H and O–H groups in total. The molecule has 0 amide bonds. The fourth-order valence-electron chi connectivity index (χ4n) is 6.08. The normalized spacial score (nSPS) is 38.8. The Morgan fingerprint density at radius 3 is 2.48 bits per heavy atom. The molecule has 3 saturated carbocycles. The van der Waals surface area contributed by atoms with Crippen LogP contribution in [-0.4, -0.2) is 63.6 Å². The van der Waals surface area contributed by atoms with Gasteiger partial charge >= 0.3 is 0 Å². The van der Waals surface area contributed by atoms with Gasteiger partial charge in [0.15, 0.2) is 8.32 Å². The molecule has 0 aromatic rings. The van der Waals surface area contributed by atoms with Crippen molar-refractivity contribution in [3.05, 3.63) is 0 Å². The lowest BCUT2D eigenvalue weighted by Crippen LogP contribution is -2.69. The summed E-state index contributed by atoms with van der Waals surface area (Å²) in [6.45, 7) is 14.9. The van der Waals surface area contributed by atoms with Crippen molar-refractivity contribution in [2.75, 3.05) is 27.1 Å². The minimum atomic E-state index is -1.93. The van der Waals surface area contributed by atoms with Gasteiger partial charge in [0.2, 0.25) is 0 Å². The van der Waals surface area contributed by atoms with Crippen molar-refractivity contribution in [1.29, 1.82) is 0 Å². The van der Waals surface area contributed by atoms with Gasteiger partial charge in [-0.25, -0.2) is 0 Å². The molecule has 180 valence electrons. The second kappa shape index (κ2) is 8.80. The van der Waals surface area contributed by atoms with Crippen LogP contribution in [0.2, 0.25) is 18.1 Å². The Hall–Kier alpha value is -0.313. The number of carbonyl (C=O) groups is 1. The first-order valence-electron chi connectivity index (χ1n) is 11.9. The molecule has 3 fully saturated rings. The van der Waals surface area contributed by atoms with Crippen molar-refractivity contribution in [2.45, 2.75) is 108 Å². The molecule has 5 atom stereocenters. The van der Waals surface area contributed by atoms with E-state index in [1.54, 1.807) is 7.11 Å². The second-order valence-corrected chi connectivity index (χ2v) is 16.6. The van der Waals surface area contributed by atoms with Gasteiger partial charge < -0.3 is 23.7 Å². The van der Waals surface area contributed by atoms with Crippen LogP contribution in [0.15, 0.2) is 0 Å². The van der Waals surface area contributed by atoms with E-state index in [2.05, 4.69) is 40.8 Å². The summed E-state index contributed by atoms with van der Waals surface area (Å²) in [4.78, 5) is 12.3. The van der Waals surface area contributed by atoms with Crippen LogP contribution in [-0.2, 0) is 23.4 Å². The van der Waals surface area contributed by atoms with Gasteiger partial charge in [-0.05, 0) is 61.6 Å². The fraction of sp³-hybridized carbons (Fsp3) is 0.958. The van der Waals surface area contributed by atoms with Crippen molar-refractivity contribution in [2.24, 2.45) is 11.3 Å². The van der Waals surface area contributed by atoms with E-state index in [1.165, 1.54) is 0 Å². The molecule has 3 aliphatic rings. The predicted molar refractivity (Wildman–Crippen MR) is 122 cm³/mol. The van der Waals surface area contributed by atoms with Crippen LogP contribution in [0.3, 0.4) is 0 Å². The van der Waals surface area contributed by atoms with Crippen molar-refractivity contribution >= 4 is 14.1 Å². The smallest absolute Gasteiger partial charge is 0.192 e. The molecule has 6 nitrogen and oxygen atoms in total. The lowest BCUT2D eigenvalue weighted by molar-refractivity contribution is -0.292. The van der Waals surface area contributed by atoms with Crippen LogP contribution in [0.25, 0.3) is 0 Å². The molecule has 0 aromatic heterocycles. The number of methoxy groups -OCH3 is 1. The molecule has 0 aromatic carbocycles. The number of hydrogen-bond donors (Lipinski definition) is 1. The highest BCUT2D eigenvalue weighted by Gasteiger charge is 2.69. The zero-order valence-corrected chi connectivity index (χ0v) is 21.7. The molecular formula is C24H44O6Si. The van der Waals surface area contributed by atoms with Crippen LogP contribution in [0.5, 0.6) is 0 Å². The maximum Gasteiger partial charge on any atom is 0.192 e. The van der Waals surface area contributed by atoms with Gasteiger partial charge in [-0.3, -0.25) is 4.79 Å². The highest BCUT2D eigenvalue weighted by atomic mass is 28.4. The molecule has 1 unspecified atom stereocenters. The summed E-state index contributed by atoms with van der Waals surface area (Å²) in [5.41, 5.74) is -1.95. The lowest BCUT2D eigenvalue weighted by Gasteiger charge is -2.61. The predicted octanol–water partition coefficient (Wildman–Crippen LogP) is 4.45. The molecule has 3 rings (SSSR count). The van der Waals surface area contributed by atoms with Crippen molar-refractivity contribution < 1.29 is 28.5 Å². The Labute approximate surface area is 189 Å². The molecule has 7 heteroatoms. The van der Waals surface area contributed by atoms with E-state index in [0.29, 0.717) is 32.5 Å². The molecule has 0 spiro atoms. The Morgan fingerprint density at radius 1 is 1.13 bits per heavy atom. The van der Waals surface area contributed by atoms with Gasteiger partial charge in [-0.1, -0.05) is 27.7 Å². The van der Waals surface area contributed by atoms with Crippen LogP contribution >= 0.6 is 0 Å². The maximum absolute atomic E-state index is 12.3. The molecule has 3 aliphatic carbocycles. The number of aliphatic hydroxyl groups is 1. The zero-order chi connectivity index (χ0) is 23.1. The van der Waals surface area contributed by atoms with E-state index in [9.17, 15) is 9.90 Å². The second-order valence-electron chi connectivity index (χ2n) is 11.8. The minimum absolute atomic E-state index is 0.0747. The van der Waals surface area contributed by atoms with E-state index < -0.39 is 19.5 Å². The summed E-state index contributed by atoms with van der Waals surface area (Å²) in [6, 6.07) is 0. The van der Waals surface area contributed by atoms with E-state index in [4.69, 9.17) is 18.6 Å². The zero-order valence-electron chi connectivity index (χ0n) is 20.7. The first kappa shape index (κ1) is 25.3. The number of fused-ring (bicyclic) bond motifs is 3. The van der Waals surface area contributed by atoms with Crippen LogP contribution in [0.4, 0.5) is 0 Å². The number of ether oxygens (including phenoxy) is 3. The van der Waals surface area contributed by atoms with Gasteiger partial charge in [0.05, 0.1) is 19.3 Å². The van der Waals surface area contributed by atoms with Gasteiger partial charge in [0, 0.05) is 20.0 Å². The standard InChI is InChI=1S/C24H44O6Si/c1-21(2,3)31(6,7)30-20-9-8-19-22(20,4)12-13-23(26)16-18(25)10-11-24(19,23)29-17-28-15-14-27-5/h19-20,26H,8-17H2,1-7H3/t19-,20+,22+,23?,24+/m1/s1. The number of ketones is 1. The Morgan fingerprint density at radius 2 is 1.84 bits per heavy atom. The van der Waals surface area contributed by atoms with Gasteiger partial charge in [0.25, 0.3) is 0 Å². The maximum atomic E-state index is 12.3. The van der Waals surface area contributed by atoms with Crippen molar-refractivity contribution in [1.82, 2.24) is 0 Å². The third-order valence-corrected chi connectivity index (χ3v) is 13.5. The third-order valence-electron chi connectivity index (χ3n) is 9.02. The topological polar surface area (TPSA) is 74.2 Å². The summed E-state index contributed by atoms with van der Waals surface area (Å²) >= 11 is 0. The van der Waals surface area contributed by atoms with Gasteiger partial charge in [0.1, 0.15) is 23.8 Å². The monoisotopic (exact) mass is 456 g/mol. The number of carbonyl (C=O) groups excluding carboxylic acids is 1. The van der Waals surface area contributed by atoms with Crippen molar-refractivity contribution in [3.8, 4) is 0 Å². The molecule has 0 radical (unpaired) electrons. The Bertz CT molecular complexity index is 661. The molecule has 0 aliphatic heterocycles. The average molecular weight is 457 g/mol. The molecule has 0 bridgehead atoms. The van der Waals surface area contributed by atoms with E-state index in [1.807, 2.05) is 0 Å². The molecule has 31 heavy (non-hydrogen) atoms. The summed E-state index contributed by atoms with van der Waals surface area (Å²) in [6.07, 6.45) is 4.72. The quantitative estimate of drug-likeness (QED) is 0.330. The van der Waals surface area contributed by atoms with Crippen LogP contribution in [0.1, 0.15) is 72.6 Å². The Balaban J connectivity index is 1.87. The average Bonchev–Trinajstić information content (AvgIpc) is 2.98. The van der Waals surface area contributed by atoms with E-state index in [0.717, 1.165) is 19.3 Å². The fourth-order valence-corrected chi connectivity index (χ4v) is 7.53. The highest BCUT2D eigenvalue weighted by molar-refractivity contribution is 6.74. The SMILES string of the molecule is COCCOCO[C@]12CCC(=O)CC1(O)CC[C@]1(C)[C@@H](O[Si](C)(C)C(C)(C)C)CC[C@H]12. The third kappa shape index (κ3) is 4.43. The summed E-state index contributed by atoms with van der Waals surface area (Å²) in [5.74, 6) is 0.283. The summed E-state index contributed by atoms with van der Waals surface area (Å²) < 4.78 is 24.1. The summed E-state index contributed by atoms with van der Waals surface area (Å²) in [7, 11) is -0.286.